The van der Waals surface area contributed by atoms with Crippen LogP contribution >= 0.6 is 11.8 Å². The second-order valence-corrected chi connectivity index (χ2v) is 9.38. The Bertz CT molecular complexity index is 1190. The number of thioether (sulfide) groups is 1. The number of hydrogen-bond donors (Lipinski definition) is 2. The second kappa shape index (κ2) is 9.23. The number of aromatic carboxylic acids is 1. The number of carboxylic acid groups (broad SMARTS) is 1. The summed E-state index contributed by atoms with van der Waals surface area (Å²) in [5, 5.41) is 11.6. The Balaban J connectivity index is 1.73. The molecule has 0 fully saturated rings. The molecule has 0 spiro atoms. The highest BCUT2D eigenvalue weighted by atomic mass is 32.2. The lowest BCUT2D eigenvalue weighted by Gasteiger charge is -2.20. The fourth-order valence-electron chi connectivity index (χ4n) is 2.77. The molecule has 3 aromatic rings. The first-order valence-corrected chi connectivity index (χ1v) is 11.8. The van der Waals surface area contributed by atoms with Crippen LogP contribution in [-0.2, 0) is 10.0 Å². The predicted molar refractivity (Wildman–Crippen MR) is 122 cm³/mol. The summed E-state index contributed by atoms with van der Waals surface area (Å²) in [6, 6.07) is 18.6. The van der Waals surface area contributed by atoms with Gasteiger partial charge in [-0.25, -0.2) is 13.2 Å². The van der Waals surface area contributed by atoms with Crippen LogP contribution in [0.15, 0.2) is 82.6 Å². The van der Waals surface area contributed by atoms with E-state index in [1.807, 2.05) is 6.26 Å². The molecule has 160 valence electrons. The van der Waals surface area contributed by atoms with E-state index in [1.165, 1.54) is 55.2 Å². The molecule has 0 atom stereocenters. The van der Waals surface area contributed by atoms with Gasteiger partial charge in [0.1, 0.15) is 0 Å². The molecule has 7 nitrogen and oxygen atoms in total. The Morgan fingerprint density at radius 3 is 1.94 bits per heavy atom. The molecule has 0 aliphatic carbocycles. The molecular weight excluding hydrogens is 436 g/mol. The van der Waals surface area contributed by atoms with Gasteiger partial charge in [0, 0.05) is 23.2 Å². The van der Waals surface area contributed by atoms with Gasteiger partial charge in [-0.2, -0.15) is 0 Å². The van der Waals surface area contributed by atoms with E-state index in [4.69, 9.17) is 5.11 Å². The third-order valence-corrected chi connectivity index (χ3v) is 7.14. The van der Waals surface area contributed by atoms with E-state index in [2.05, 4.69) is 5.32 Å². The van der Waals surface area contributed by atoms with Crippen molar-refractivity contribution >= 4 is 45.0 Å². The lowest BCUT2D eigenvalue weighted by atomic mass is 10.1. The number of benzene rings is 3. The first-order chi connectivity index (χ1) is 14.7. The lowest BCUT2D eigenvalue weighted by Crippen LogP contribution is -2.26. The summed E-state index contributed by atoms with van der Waals surface area (Å²) >= 11 is 1.53. The van der Waals surface area contributed by atoms with Gasteiger partial charge in [-0.3, -0.25) is 9.10 Å². The van der Waals surface area contributed by atoms with Crippen molar-refractivity contribution in [3.63, 3.8) is 0 Å². The van der Waals surface area contributed by atoms with Gasteiger partial charge >= 0.3 is 5.97 Å². The molecular formula is C22H20N2O5S2. The fraction of sp³-hybridized carbons (Fsp3) is 0.0909. The van der Waals surface area contributed by atoms with Crippen LogP contribution in [0.25, 0.3) is 0 Å². The third kappa shape index (κ3) is 5.07. The van der Waals surface area contributed by atoms with Crippen molar-refractivity contribution in [2.75, 3.05) is 22.9 Å². The molecule has 0 saturated heterocycles. The Kier molecular flexibility index (Phi) is 6.67. The summed E-state index contributed by atoms with van der Waals surface area (Å²) in [5.74, 6) is -1.44. The van der Waals surface area contributed by atoms with E-state index >= 15 is 0 Å². The van der Waals surface area contributed by atoms with Crippen molar-refractivity contribution in [3.05, 3.63) is 83.9 Å². The van der Waals surface area contributed by atoms with Gasteiger partial charge in [0.2, 0.25) is 0 Å². The predicted octanol–water partition coefficient (Wildman–Crippen LogP) is 4.18. The molecule has 0 radical (unpaired) electrons. The van der Waals surface area contributed by atoms with Crippen LogP contribution in [-0.4, -0.2) is 38.7 Å². The summed E-state index contributed by atoms with van der Waals surface area (Å²) in [7, 11) is -2.28. The van der Waals surface area contributed by atoms with Crippen LogP contribution in [0.2, 0.25) is 0 Å². The minimum absolute atomic E-state index is 0.120. The number of nitrogens with zero attached hydrogens (tertiary/aromatic N) is 1. The van der Waals surface area contributed by atoms with Crippen LogP contribution < -0.4 is 9.62 Å². The van der Waals surface area contributed by atoms with E-state index < -0.39 is 21.9 Å². The number of amides is 1. The SMILES string of the molecule is CSc1ccc(S(=O)(=O)N(C)c2ccc(C(=O)Nc3ccc(C(=O)O)cc3)cc2)cc1. The maximum atomic E-state index is 12.9. The van der Waals surface area contributed by atoms with E-state index in [0.717, 1.165) is 9.20 Å². The first kappa shape index (κ1) is 22.4. The molecule has 1 amide bonds. The van der Waals surface area contributed by atoms with Crippen LogP contribution in [0.3, 0.4) is 0 Å². The summed E-state index contributed by atoms with van der Waals surface area (Å²) < 4.78 is 26.9. The highest BCUT2D eigenvalue weighted by molar-refractivity contribution is 7.98. The second-order valence-electron chi connectivity index (χ2n) is 6.53. The Morgan fingerprint density at radius 1 is 0.871 bits per heavy atom. The van der Waals surface area contributed by atoms with Crippen LogP contribution in [0.5, 0.6) is 0 Å². The first-order valence-electron chi connectivity index (χ1n) is 9.10. The van der Waals surface area contributed by atoms with E-state index in [-0.39, 0.29) is 10.5 Å². The average molecular weight is 457 g/mol. The van der Waals surface area contributed by atoms with Gasteiger partial charge in [0.15, 0.2) is 0 Å². The smallest absolute Gasteiger partial charge is 0.335 e. The molecule has 2 N–H and O–H groups in total. The lowest BCUT2D eigenvalue weighted by molar-refractivity contribution is 0.0696. The number of hydrogen-bond acceptors (Lipinski definition) is 5. The minimum Gasteiger partial charge on any atom is -0.478 e. The van der Waals surface area contributed by atoms with Crippen LogP contribution in [0.4, 0.5) is 11.4 Å². The van der Waals surface area contributed by atoms with Crippen molar-refractivity contribution in [2.24, 2.45) is 0 Å². The molecule has 0 aliphatic heterocycles. The molecule has 0 unspecified atom stereocenters. The van der Waals surface area contributed by atoms with Gasteiger partial charge in [-0.1, -0.05) is 0 Å². The maximum absolute atomic E-state index is 12.9. The highest BCUT2D eigenvalue weighted by Crippen LogP contribution is 2.24. The van der Waals surface area contributed by atoms with Crippen LogP contribution in [0.1, 0.15) is 20.7 Å². The van der Waals surface area contributed by atoms with Crippen molar-refractivity contribution in [1.82, 2.24) is 0 Å². The number of anilines is 2. The molecule has 0 aliphatic rings. The molecule has 0 aromatic heterocycles. The summed E-state index contributed by atoms with van der Waals surface area (Å²) in [4.78, 5) is 24.5. The van der Waals surface area contributed by atoms with E-state index in [0.29, 0.717) is 16.9 Å². The third-order valence-electron chi connectivity index (χ3n) is 4.60. The quantitative estimate of drug-likeness (QED) is 0.517. The maximum Gasteiger partial charge on any atom is 0.335 e. The zero-order chi connectivity index (χ0) is 22.6. The monoisotopic (exact) mass is 456 g/mol. The molecule has 3 aromatic carbocycles. The minimum atomic E-state index is -3.73. The van der Waals surface area contributed by atoms with Gasteiger partial charge < -0.3 is 10.4 Å². The number of rotatable bonds is 7. The summed E-state index contributed by atoms with van der Waals surface area (Å²) in [6.45, 7) is 0. The standard InChI is InChI=1S/C22H20N2O5S2/c1-24(31(28,29)20-13-11-19(30-2)12-14-20)18-9-5-15(6-10-18)21(25)23-17-7-3-16(4-8-17)22(26)27/h3-14H,1-2H3,(H,23,25)(H,26,27). The van der Waals surface area contributed by atoms with Gasteiger partial charge in [0.25, 0.3) is 15.9 Å². The largest absolute Gasteiger partial charge is 0.478 e. The topological polar surface area (TPSA) is 104 Å². The van der Waals surface area contributed by atoms with Crippen molar-refractivity contribution in [1.29, 1.82) is 0 Å². The summed E-state index contributed by atoms with van der Waals surface area (Å²) in [5.41, 5.74) is 1.32. The number of carbonyl (C=O) groups excluding carboxylic acids is 1. The normalized spacial score (nSPS) is 11.0. The van der Waals surface area contributed by atoms with Crippen molar-refractivity contribution in [3.8, 4) is 0 Å². The number of nitrogens with one attached hydrogen (secondary N) is 1. The highest BCUT2D eigenvalue weighted by Gasteiger charge is 2.21. The summed E-state index contributed by atoms with van der Waals surface area (Å²) in [6.07, 6.45) is 1.92. The van der Waals surface area contributed by atoms with E-state index in [1.54, 1.807) is 36.4 Å². The van der Waals surface area contributed by atoms with E-state index in [9.17, 15) is 18.0 Å². The number of carboxylic acids is 1. The van der Waals surface area contributed by atoms with Gasteiger partial charge in [0.05, 0.1) is 16.1 Å². The fourth-order valence-corrected chi connectivity index (χ4v) is 4.37. The van der Waals surface area contributed by atoms with Gasteiger partial charge in [-0.05, 0) is 79.1 Å². The van der Waals surface area contributed by atoms with Crippen molar-refractivity contribution < 1.29 is 23.1 Å². The molecule has 3 rings (SSSR count). The zero-order valence-electron chi connectivity index (χ0n) is 16.8. The molecule has 31 heavy (non-hydrogen) atoms. The Labute approximate surface area is 184 Å². The zero-order valence-corrected chi connectivity index (χ0v) is 18.4. The Hall–Kier alpha value is -3.30. The molecule has 0 heterocycles. The average Bonchev–Trinajstić information content (AvgIpc) is 2.79. The number of carbonyl (C=O) groups is 2. The number of sulfonamides is 1. The molecule has 0 bridgehead atoms. The van der Waals surface area contributed by atoms with Crippen LogP contribution in [0, 0.1) is 0 Å². The Morgan fingerprint density at radius 2 is 1.42 bits per heavy atom. The van der Waals surface area contributed by atoms with Crippen molar-refractivity contribution in [2.45, 2.75) is 9.79 Å². The molecule has 9 heteroatoms. The van der Waals surface area contributed by atoms with Gasteiger partial charge in [-0.15, -0.1) is 11.8 Å². The molecule has 0 saturated carbocycles.